The lowest BCUT2D eigenvalue weighted by atomic mass is 10.2. The van der Waals surface area contributed by atoms with Gasteiger partial charge in [0.1, 0.15) is 5.56 Å². The summed E-state index contributed by atoms with van der Waals surface area (Å²) in [4.78, 5) is 22.1. The smallest absolute Gasteiger partial charge is 0.269 e. The number of non-ortho nitro benzene ring substituents is 1. The highest BCUT2D eigenvalue weighted by Crippen LogP contribution is 2.11. The molecule has 2 aromatic rings. The lowest BCUT2D eigenvalue weighted by Crippen LogP contribution is -2.35. The second-order valence-electron chi connectivity index (χ2n) is 4.69. The van der Waals surface area contributed by atoms with Crippen LogP contribution in [0.4, 0.5) is 5.69 Å². The normalized spacial score (nSPS) is 10.0. The van der Waals surface area contributed by atoms with E-state index in [1.807, 2.05) is 10.8 Å². The van der Waals surface area contributed by atoms with Crippen molar-refractivity contribution in [1.82, 2.24) is 5.32 Å². The Balaban J connectivity index is 2.11. The molecular weight excluding hydrogens is 282 g/mol. The molecule has 2 rings (SSSR count). The van der Waals surface area contributed by atoms with E-state index in [-0.39, 0.29) is 11.6 Å². The molecule has 0 unspecified atom stereocenters. The second-order valence-corrected chi connectivity index (χ2v) is 4.69. The number of pyridine rings is 1. The van der Waals surface area contributed by atoms with Gasteiger partial charge in [0.15, 0.2) is 18.9 Å². The maximum Gasteiger partial charge on any atom is 0.269 e. The van der Waals surface area contributed by atoms with Crippen molar-refractivity contribution in [1.29, 1.82) is 0 Å². The van der Waals surface area contributed by atoms with E-state index in [1.54, 1.807) is 36.5 Å². The van der Waals surface area contributed by atoms with Crippen LogP contribution in [0.25, 0.3) is 0 Å². The molecule has 0 aliphatic rings. The van der Waals surface area contributed by atoms with Crippen molar-refractivity contribution in [2.75, 3.05) is 6.54 Å². The van der Waals surface area contributed by atoms with Crippen molar-refractivity contribution < 1.29 is 14.3 Å². The van der Waals surface area contributed by atoms with Gasteiger partial charge < -0.3 is 5.32 Å². The molecule has 1 N–H and O–H groups in total. The van der Waals surface area contributed by atoms with Crippen molar-refractivity contribution in [2.24, 2.45) is 0 Å². The van der Waals surface area contributed by atoms with Gasteiger partial charge in [-0.1, -0.05) is 6.08 Å². The van der Waals surface area contributed by atoms with Gasteiger partial charge in [0.25, 0.3) is 11.6 Å². The van der Waals surface area contributed by atoms with Crippen LogP contribution in [0, 0.1) is 10.1 Å². The first-order valence-corrected chi connectivity index (χ1v) is 6.71. The number of nitro benzene ring substituents is 1. The van der Waals surface area contributed by atoms with Crippen molar-refractivity contribution >= 4 is 11.6 Å². The minimum absolute atomic E-state index is 0.0614. The largest absolute Gasteiger partial charge is 0.348 e. The fourth-order valence-corrected chi connectivity index (χ4v) is 1.96. The third kappa shape index (κ3) is 3.99. The van der Waals surface area contributed by atoms with Crippen LogP contribution in [0.2, 0.25) is 0 Å². The van der Waals surface area contributed by atoms with Gasteiger partial charge >= 0.3 is 0 Å². The summed E-state index contributed by atoms with van der Waals surface area (Å²) in [5, 5.41) is 13.3. The number of nitrogens with one attached hydrogen (secondary N) is 1. The van der Waals surface area contributed by atoms with E-state index in [1.165, 1.54) is 12.1 Å². The molecule has 6 nitrogen and oxygen atoms in total. The minimum Gasteiger partial charge on any atom is -0.348 e. The predicted molar refractivity (Wildman–Crippen MR) is 81.4 cm³/mol. The molecule has 0 aliphatic heterocycles. The van der Waals surface area contributed by atoms with Gasteiger partial charge in [-0.3, -0.25) is 14.9 Å². The number of rotatable bonds is 6. The highest BCUT2D eigenvalue weighted by molar-refractivity contribution is 5.93. The molecule has 0 spiro atoms. The molecule has 0 fully saturated rings. The molecule has 1 heterocycles. The molecule has 6 heteroatoms. The van der Waals surface area contributed by atoms with Crippen LogP contribution in [-0.2, 0) is 6.54 Å². The Labute approximate surface area is 127 Å². The van der Waals surface area contributed by atoms with E-state index >= 15 is 0 Å². The summed E-state index contributed by atoms with van der Waals surface area (Å²) in [6.45, 7) is 4.49. The van der Waals surface area contributed by atoms with Crippen LogP contribution in [0.1, 0.15) is 15.9 Å². The third-order valence-electron chi connectivity index (χ3n) is 3.04. The molecule has 1 aromatic carbocycles. The van der Waals surface area contributed by atoms with Crippen LogP contribution in [0.3, 0.4) is 0 Å². The summed E-state index contributed by atoms with van der Waals surface area (Å²) < 4.78 is 1.85. The molecule has 22 heavy (non-hydrogen) atoms. The number of aromatic nitrogens is 1. The zero-order valence-corrected chi connectivity index (χ0v) is 11.9. The quantitative estimate of drug-likeness (QED) is 0.383. The lowest BCUT2D eigenvalue weighted by Gasteiger charge is -2.02. The van der Waals surface area contributed by atoms with Crippen LogP contribution < -0.4 is 9.88 Å². The van der Waals surface area contributed by atoms with Gasteiger partial charge in [-0.15, -0.1) is 6.58 Å². The van der Waals surface area contributed by atoms with Gasteiger partial charge in [0, 0.05) is 30.3 Å². The minimum atomic E-state index is -0.429. The lowest BCUT2D eigenvalue weighted by molar-refractivity contribution is -0.688. The number of carbonyl (C=O) groups is 1. The van der Waals surface area contributed by atoms with Crippen LogP contribution in [0.15, 0.2) is 61.4 Å². The second kappa shape index (κ2) is 7.12. The van der Waals surface area contributed by atoms with E-state index in [0.717, 1.165) is 5.56 Å². The highest BCUT2D eigenvalue weighted by Gasteiger charge is 2.11. The molecule has 0 radical (unpaired) electrons. The van der Waals surface area contributed by atoms with Gasteiger partial charge in [0.05, 0.1) is 4.92 Å². The monoisotopic (exact) mass is 298 g/mol. The zero-order valence-electron chi connectivity index (χ0n) is 11.9. The summed E-state index contributed by atoms with van der Waals surface area (Å²) in [5.41, 5.74) is 1.52. The molecule has 0 aliphatic carbocycles. The van der Waals surface area contributed by atoms with Crippen molar-refractivity contribution in [3.63, 3.8) is 0 Å². The maximum atomic E-state index is 11.9. The first-order valence-electron chi connectivity index (χ1n) is 6.71. The molecule has 0 atom stereocenters. The van der Waals surface area contributed by atoms with Gasteiger partial charge in [-0.25, -0.2) is 0 Å². The van der Waals surface area contributed by atoms with Gasteiger partial charge in [-0.2, -0.15) is 4.57 Å². The Bertz CT molecular complexity index is 696. The standard InChI is InChI=1S/C16H15N3O3/c1-2-9-17-16(20)14-4-3-10-18(12-14)11-13-5-7-15(8-6-13)19(21)22/h2-8,10,12H,1,9,11H2/p+1. The first-order chi connectivity index (χ1) is 10.6. The Hall–Kier alpha value is -3.02. The Morgan fingerprint density at radius 1 is 1.32 bits per heavy atom. The molecule has 112 valence electrons. The fourth-order valence-electron chi connectivity index (χ4n) is 1.96. The molecule has 1 amide bonds. The summed E-state index contributed by atoms with van der Waals surface area (Å²) in [5.74, 6) is -0.169. The van der Waals surface area contributed by atoms with Crippen LogP contribution >= 0.6 is 0 Å². The molecule has 0 bridgehead atoms. The van der Waals surface area contributed by atoms with E-state index in [9.17, 15) is 14.9 Å². The Morgan fingerprint density at radius 3 is 2.68 bits per heavy atom. The highest BCUT2D eigenvalue weighted by atomic mass is 16.6. The van der Waals surface area contributed by atoms with Crippen LogP contribution in [-0.4, -0.2) is 17.4 Å². The van der Waals surface area contributed by atoms with Gasteiger partial charge in [0.2, 0.25) is 0 Å². The van der Waals surface area contributed by atoms with Gasteiger partial charge in [-0.05, 0) is 18.2 Å². The van der Waals surface area contributed by atoms with E-state index in [0.29, 0.717) is 18.7 Å². The summed E-state index contributed by atoms with van der Waals surface area (Å²) in [7, 11) is 0. The number of hydrogen-bond donors (Lipinski definition) is 1. The van der Waals surface area contributed by atoms with Crippen molar-refractivity contribution in [3.8, 4) is 0 Å². The first kappa shape index (κ1) is 15.4. The summed E-state index contributed by atoms with van der Waals surface area (Å²) >= 11 is 0. The Morgan fingerprint density at radius 2 is 2.05 bits per heavy atom. The molecule has 0 saturated heterocycles. The van der Waals surface area contributed by atoms with Crippen molar-refractivity contribution in [2.45, 2.75) is 6.54 Å². The fraction of sp³-hybridized carbons (Fsp3) is 0.125. The van der Waals surface area contributed by atoms with Crippen LogP contribution in [0.5, 0.6) is 0 Å². The van der Waals surface area contributed by atoms with E-state index < -0.39 is 4.92 Å². The number of hydrogen-bond acceptors (Lipinski definition) is 3. The third-order valence-corrected chi connectivity index (χ3v) is 3.04. The SMILES string of the molecule is C=CCNC(=O)c1ccc[n+](Cc2ccc([N+](=O)[O-])cc2)c1. The summed E-state index contributed by atoms with van der Waals surface area (Å²) in [6.07, 6.45) is 5.19. The number of amides is 1. The average molecular weight is 298 g/mol. The topological polar surface area (TPSA) is 76.1 Å². The molecule has 0 saturated carbocycles. The predicted octanol–water partition coefficient (Wildman–Crippen LogP) is 1.85. The van der Waals surface area contributed by atoms with E-state index in [2.05, 4.69) is 11.9 Å². The Kier molecular flexibility index (Phi) is 4.98. The zero-order chi connectivity index (χ0) is 15.9. The average Bonchev–Trinajstić information content (AvgIpc) is 2.53. The number of carbonyl (C=O) groups excluding carboxylic acids is 1. The summed E-state index contributed by atoms with van der Waals surface area (Å²) in [6, 6.07) is 9.86. The molecular formula is C16H16N3O3+. The molecule has 1 aromatic heterocycles. The number of benzene rings is 1. The maximum absolute atomic E-state index is 11.9. The van der Waals surface area contributed by atoms with Crippen molar-refractivity contribution in [3.05, 3.63) is 82.7 Å². The van der Waals surface area contributed by atoms with E-state index in [4.69, 9.17) is 0 Å². The number of nitro groups is 1. The number of nitrogens with zero attached hydrogens (tertiary/aromatic N) is 2.